The van der Waals surface area contributed by atoms with Gasteiger partial charge in [0.1, 0.15) is 18.2 Å². The third-order valence-corrected chi connectivity index (χ3v) is 3.57. The third kappa shape index (κ3) is 3.28. The molecular weight excluding hydrogens is 285 g/mol. The van der Waals surface area contributed by atoms with Crippen molar-refractivity contribution in [2.75, 3.05) is 20.1 Å². The van der Waals surface area contributed by atoms with Crippen molar-refractivity contribution >= 4 is 5.78 Å². The molecule has 2 heterocycles. The fourth-order valence-corrected chi connectivity index (χ4v) is 2.42. The van der Waals surface area contributed by atoms with Crippen LogP contribution in [0.2, 0.25) is 0 Å². The van der Waals surface area contributed by atoms with Gasteiger partial charge in [0.2, 0.25) is 5.88 Å². The van der Waals surface area contributed by atoms with Crippen LogP contribution in [-0.4, -0.2) is 40.8 Å². The molecule has 1 aliphatic heterocycles. The predicted octanol–water partition coefficient (Wildman–Crippen LogP) is 1.79. The lowest BCUT2D eigenvalue weighted by Gasteiger charge is -2.10. The van der Waals surface area contributed by atoms with Crippen LogP contribution in [0.1, 0.15) is 17.3 Å². The summed E-state index contributed by atoms with van der Waals surface area (Å²) in [5, 5.41) is 0. The summed E-state index contributed by atoms with van der Waals surface area (Å²) in [7, 11) is 1.90. The Kier molecular flexibility index (Phi) is 4.11. The molecule has 3 rings (SSSR count). The highest BCUT2D eigenvalue weighted by atomic mass is 19.1. The van der Waals surface area contributed by atoms with E-state index in [1.807, 2.05) is 11.9 Å². The fraction of sp³-hybridized carbons (Fsp3) is 0.312. The molecule has 1 saturated heterocycles. The Balaban J connectivity index is 1.69. The number of Topliss-reactive ketones (excluding diaryl/α,β-unsaturated/α-hetero) is 1. The first-order valence-corrected chi connectivity index (χ1v) is 7.03. The molecule has 0 saturated carbocycles. The van der Waals surface area contributed by atoms with E-state index in [0.717, 1.165) is 5.56 Å². The van der Waals surface area contributed by atoms with E-state index in [9.17, 15) is 9.18 Å². The lowest BCUT2D eigenvalue weighted by Crippen LogP contribution is -2.14. The zero-order chi connectivity index (χ0) is 15.5. The highest BCUT2D eigenvalue weighted by molar-refractivity contribution is 5.88. The highest BCUT2D eigenvalue weighted by Crippen LogP contribution is 2.22. The summed E-state index contributed by atoms with van der Waals surface area (Å²) in [6, 6.07) is 7.74. The van der Waals surface area contributed by atoms with Crippen LogP contribution in [0.3, 0.4) is 0 Å². The van der Waals surface area contributed by atoms with Crippen LogP contribution in [0.15, 0.2) is 36.5 Å². The summed E-state index contributed by atoms with van der Waals surface area (Å²) in [6.45, 7) is 1.34. The lowest BCUT2D eigenvalue weighted by molar-refractivity contribution is -0.118. The van der Waals surface area contributed by atoms with Crippen LogP contribution in [0.4, 0.5) is 4.39 Å². The van der Waals surface area contributed by atoms with Gasteiger partial charge in [-0.2, -0.15) is 4.98 Å². The molecular formula is C16H16FN3O2. The van der Waals surface area contributed by atoms with E-state index in [4.69, 9.17) is 4.74 Å². The number of rotatable bonds is 4. The van der Waals surface area contributed by atoms with E-state index in [1.165, 1.54) is 12.1 Å². The van der Waals surface area contributed by atoms with E-state index < -0.39 is 0 Å². The summed E-state index contributed by atoms with van der Waals surface area (Å²) in [5.74, 6) is 0.456. The summed E-state index contributed by atoms with van der Waals surface area (Å²) in [6.07, 6.45) is 1.59. The van der Waals surface area contributed by atoms with Gasteiger partial charge < -0.3 is 4.74 Å². The Bertz CT molecular complexity index is 675. The molecule has 0 spiro atoms. The number of likely N-dealkylation sites (tertiary alicyclic amines) is 1. The minimum absolute atomic E-state index is 0.123. The Labute approximate surface area is 127 Å². The number of carbonyl (C=O) groups excluding carboxylic acids is 1. The Morgan fingerprint density at radius 1 is 1.32 bits per heavy atom. The number of hydrogen-bond acceptors (Lipinski definition) is 5. The summed E-state index contributed by atoms with van der Waals surface area (Å²) in [5.41, 5.74) is 0.846. The second-order valence-corrected chi connectivity index (χ2v) is 5.38. The van der Waals surface area contributed by atoms with E-state index >= 15 is 0 Å². The first kappa shape index (κ1) is 14.6. The van der Waals surface area contributed by atoms with Crippen LogP contribution < -0.4 is 4.74 Å². The van der Waals surface area contributed by atoms with Crippen molar-refractivity contribution in [3.63, 3.8) is 0 Å². The molecule has 5 nitrogen and oxygen atoms in total. The maximum Gasteiger partial charge on any atom is 0.216 e. The van der Waals surface area contributed by atoms with Gasteiger partial charge in [-0.25, -0.2) is 9.37 Å². The van der Waals surface area contributed by atoms with Crippen LogP contribution in [-0.2, 0) is 11.4 Å². The van der Waals surface area contributed by atoms with Gasteiger partial charge in [0.15, 0.2) is 5.78 Å². The first-order chi connectivity index (χ1) is 10.6. The second kappa shape index (κ2) is 6.19. The third-order valence-electron chi connectivity index (χ3n) is 3.57. The fourth-order valence-electron chi connectivity index (χ4n) is 2.42. The first-order valence-electron chi connectivity index (χ1n) is 7.03. The van der Waals surface area contributed by atoms with Crippen LogP contribution in [0, 0.1) is 5.82 Å². The molecule has 0 aliphatic carbocycles. The topological polar surface area (TPSA) is 55.3 Å². The number of ketones is 1. The van der Waals surface area contributed by atoms with Crippen molar-refractivity contribution in [2.45, 2.75) is 12.5 Å². The minimum Gasteiger partial charge on any atom is -0.473 e. The van der Waals surface area contributed by atoms with Gasteiger partial charge in [0, 0.05) is 18.8 Å². The number of benzene rings is 1. The van der Waals surface area contributed by atoms with Gasteiger partial charge in [-0.05, 0) is 24.7 Å². The van der Waals surface area contributed by atoms with Crippen molar-refractivity contribution in [1.29, 1.82) is 0 Å². The maximum atomic E-state index is 12.8. The van der Waals surface area contributed by atoms with Crippen molar-refractivity contribution in [3.8, 4) is 5.88 Å². The van der Waals surface area contributed by atoms with Crippen molar-refractivity contribution in [1.82, 2.24) is 14.9 Å². The Morgan fingerprint density at radius 2 is 2.09 bits per heavy atom. The molecule has 0 bridgehead atoms. The van der Waals surface area contributed by atoms with Crippen LogP contribution in [0.5, 0.6) is 5.88 Å². The molecule has 0 N–H and O–H groups in total. The number of ether oxygens (including phenoxy) is 1. The molecule has 1 fully saturated rings. The quantitative estimate of drug-likeness (QED) is 0.862. The molecule has 22 heavy (non-hydrogen) atoms. The average molecular weight is 301 g/mol. The Hall–Kier alpha value is -2.34. The molecule has 0 amide bonds. The van der Waals surface area contributed by atoms with Crippen LogP contribution >= 0.6 is 0 Å². The van der Waals surface area contributed by atoms with Crippen LogP contribution in [0.25, 0.3) is 0 Å². The van der Waals surface area contributed by atoms with Gasteiger partial charge >= 0.3 is 0 Å². The molecule has 1 aliphatic rings. The number of hydrogen-bond donors (Lipinski definition) is 0. The lowest BCUT2D eigenvalue weighted by atomic mass is 10.1. The SMILES string of the molecule is CN1CC(=O)C(c2nccc(OCc3ccc(F)cc3)n2)C1. The highest BCUT2D eigenvalue weighted by Gasteiger charge is 2.32. The number of halogens is 1. The number of likely N-dealkylation sites (N-methyl/N-ethyl adjacent to an activating group) is 1. The van der Waals surface area contributed by atoms with Crippen molar-refractivity contribution in [2.24, 2.45) is 0 Å². The van der Waals surface area contributed by atoms with Gasteiger partial charge in [-0.1, -0.05) is 12.1 Å². The van der Waals surface area contributed by atoms with Gasteiger partial charge in [0.25, 0.3) is 0 Å². The summed E-state index contributed by atoms with van der Waals surface area (Å²) >= 11 is 0. The predicted molar refractivity (Wildman–Crippen MR) is 78.0 cm³/mol. The monoisotopic (exact) mass is 301 g/mol. The molecule has 0 radical (unpaired) electrons. The number of aromatic nitrogens is 2. The molecule has 1 aromatic heterocycles. The normalized spacial score (nSPS) is 18.6. The zero-order valence-electron chi connectivity index (χ0n) is 12.2. The molecule has 1 unspecified atom stereocenters. The molecule has 114 valence electrons. The van der Waals surface area contributed by atoms with E-state index in [1.54, 1.807) is 24.4 Å². The molecule has 6 heteroatoms. The smallest absolute Gasteiger partial charge is 0.216 e. The zero-order valence-corrected chi connectivity index (χ0v) is 12.2. The standard InChI is InChI=1S/C16H16FN3O2/c1-20-8-13(14(21)9-20)16-18-7-6-15(19-16)22-10-11-2-4-12(17)5-3-11/h2-7,13H,8-10H2,1H3. The summed E-state index contributed by atoms with van der Waals surface area (Å²) in [4.78, 5) is 22.4. The van der Waals surface area contributed by atoms with Gasteiger partial charge in [-0.3, -0.25) is 9.69 Å². The van der Waals surface area contributed by atoms with Gasteiger partial charge in [0.05, 0.1) is 12.5 Å². The van der Waals surface area contributed by atoms with E-state index in [2.05, 4.69) is 9.97 Å². The van der Waals surface area contributed by atoms with E-state index in [0.29, 0.717) is 24.8 Å². The second-order valence-electron chi connectivity index (χ2n) is 5.38. The number of nitrogens with zero attached hydrogens (tertiary/aromatic N) is 3. The average Bonchev–Trinajstić information content (AvgIpc) is 2.86. The largest absolute Gasteiger partial charge is 0.473 e. The molecule has 1 atom stereocenters. The van der Waals surface area contributed by atoms with Crippen molar-refractivity contribution in [3.05, 3.63) is 53.7 Å². The van der Waals surface area contributed by atoms with Crippen molar-refractivity contribution < 1.29 is 13.9 Å². The maximum absolute atomic E-state index is 12.8. The molecule has 2 aromatic rings. The number of carbonyl (C=O) groups is 1. The van der Waals surface area contributed by atoms with E-state index in [-0.39, 0.29) is 24.1 Å². The minimum atomic E-state index is -0.292. The summed E-state index contributed by atoms with van der Waals surface area (Å²) < 4.78 is 18.4. The Morgan fingerprint density at radius 3 is 2.77 bits per heavy atom. The van der Waals surface area contributed by atoms with Gasteiger partial charge in [-0.15, -0.1) is 0 Å². The molecule has 1 aromatic carbocycles.